The molecule has 1 aromatic rings. The van der Waals surface area contributed by atoms with Gasteiger partial charge in [-0.15, -0.1) is 0 Å². The summed E-state index contributed by atoms with van der Waals surface area (Å²) in [4.78, 5) is 10.6. The van der Waals surface area contributed by atoms with Crippen LogP contribution in [0.1, 0.15) is 13.8 Å². The maximum atomic E-state index is 10.6. The summed E-state index contributed by atoms with van der Waals surface area (Å²) in [6.45, 7) is 3.79. The number of hydrogen-bond donors (Lipinski definition) is 1. The van der Waals surface area contributed by atoms with Crippen LogP contribution in [0.15, 0.2) is 18.2 Å². The molecule has 4 heteroatoms. The molecule has 0 heterocycles. The van der Waals surface area contributed by atoms with Crippen molar-refractivity contribution in [3.8, 4) is 11.5 Å². The van der Waals surface area contributed by atoms with Crippen LogP contribution in [0.3, 0.4) is 0 Å². The van der Waals surface area contributed by atoms with Crippen LogP contribution in [0, 0.1) is 4.91 Å². The van der Waals surface area contributed by atoms with Crippen molar-refractivity contribution in [3.05, 3.63) is 23.1 Å². The Bertz CT molecular complexity index is 323. The van der Waals surface area contributed by atoms with Gasteiger partial charge in [0, 0.05) is 22.2 Å². The van der Waals surface area contributed by atoms with Crippen LogP contribution in [0.2, 0.25) is 0 Å². The molecule has 0 saturated carbocycles. The van der Waals surface area contributed by atoms with Crippen molar-refractivity contribution < 1.29 is 14.7 Å². The predicted molar refractivity (Wildman–Crippen MR) is 52.7 cm³/mol. The molecule has 0 aliphatic carbocycles. The minimum atomic E-state index is 0.0224. The smallest absolute Gasteiger partial charge is 0.295 e. The molecule has 0 aliphatic rings. The highest BCUT2D eigenvalue weighted by Gasteiger charge is 2.12. The molecule has 1 N–H and O–H groups in total. The van der Waals surface area contributed by atoms with Gasteiger partial charge in [0.05, 0.1) is 13.2 Å². The van der Waals surface area contributed by atoms with Crippen LogP contribution in [0.25, 0.3) is 0 Å². The number of ether oxygens (including phenoxy) is 2. The number of nitrogens with one attached hydrogen (secondary N) is 1. The minimum absolute atomic E-state index is 0.0224. The summed E-state index contributed by atoms with van der Waals surface area (Å²) in [6.07, 6.45) is 0.0224. The van der Waals surface area contributed by atoms with E-state index in [1.165, 1.54) is 0 Å². The number of methoxy groups -OCH3 is 1. The van der Waals surface area contributed by atoms with Gasteiger partial charge in [0.1, 0.15) is 5.75 Å². The average molecular weight is 196 g/mol. The third-order valence-electron chi connectivity index (χ3n) is 1.66. The standard InChI is InChI=1S/C10H13NO3/c1-7(2)14-10-6-8(13-3)4-5-9(10)11-12/h4-7H,1-3H3/p+1. The molecule has 0 unspecified atom stereocenters. The van der Waals surface area contributed by atoms with Crippen LogP contribution in [-0.2, 0) is 0 Å². The van der Waals surface area contributed by atoms with E-state index in [1.54, 1.807) is 25.3 Å². The molecule has 76 valence electrons. The van der Waals surface area contributed by atoms with Crippen molar-refractivity contribution in [2.24, 2.45) is 0 Å². The van der Waals surface area contributed by atoms with Crippen molar-refractivity contribution in [3.63, 3.8) is 0 Å². The SMILES string of the molecule is COc1ccc([NH+]=O)c(OC(C)C)c1. The Morgan fingerprint density at radius 1 is 1.36 bits per heavy atom. The summed E-state index contributed by atoms with van der Waals surface area (Å²) in [7, 11) is 1.57. The molecule has 1 aromatic carbocycles. The lowest BCUT2D eigenvalue weighted by molar-refractivity contribution is -0.380. The number of rotatable bonds is 4. The van der Waals surface area contributed by atoms with Gasteiger partial charge in [0.2, 0.25) is 0 Å². The Morgan fingerprint density at radius 3 is 2.57 bits per heavy atom. The van der Waals surface area contributed by atoms with Gasteiger partial charge in [-0.05, 0) is 19.9 Å². The molecule has 0 fully saturated rings. The van der Waals surface area contributed by atoms with E-state index >= 15 is 0 Å². The second-order valence-electron chi connectivity index (χ2n) is 3.13. The molecule has 14 heavy (non-hydrogen) atoms. The zero-order chi connectivity index (χ0) is 10.6. The largest absolute Gasteiger partial charge is 0.497 e. The Morgan fingerprint density at radius 2 is 2.07 bits per heavy atom. The molecule has 0 atom stereocenters. The van der Waals surface area contributed by atoms with Gasteiger partial charge >= 0.3 is 0 Å². The fourth-order valence-corrected chi connectivity index (χ4v) is 1.07. The van der Waals surface area contributed by atoms with E-state index in [0.29, 0.717) is 17.2 Å². The van der Waals surface area contributed by atoms with Gasteiger partial charge in [0.15, 0.2) is 5.75 Å². The van der Waals surface area contributed by atoms with E-state index in [2.05, 4.69) is 0 Å². The third kappa shape index (κ3) is 2.45. The highest BCUT2D eigenvalue weighted by molar-refractivity contribution is 5.49. The molecule has 0 aliphatic heterocycles. The minimum Gasteiger partial charge on any atom is -0.497 e. The van der Waals surface area contributed by atoms with Gasteiger partial charge in [0.25, 0.3) is 5.69 Å². The molecule has 0 radical (unpaired) electrons. The molecule has 0 bridgehead atoms. The Labute approximate surface area is 82.8 Å². The van der Waals surface area contributed by atoms with E-state index in [-0.39, 0.29) is 6.10 Å². The van der Waals surface area contributed by atoms with E-state index in [4.69, 9.17) is 9.47 Å². The van der Waals surface area contributed by atoms with Gasteiger partial charge < -0.3 is 9.47 Å². The number of benzene rings is 1. The summed E-state index contributed by atoms with van der Waals surface area (Å²) in [6, 6.07) is 5.01. The number of nitroso groups, excluding NO2 is 1. The van der Waals surface area contributed by atoms with Crippen LogP contribution >= 0.6 is 0 Å². The van der Waals surface area contributed by atoms with Crippen molar-refractivity contribution in [2.45, 2.75) is 20.0 Å². The first-order valence-corrected chi connectivity index (χ1v) is 4.40. The number of hydrogen-bond acceptors (Lipinski definition) is 3. The summed E-state index contributed by atoms with van der Waals surface area (Å²) in [5.74, 6) is 1.18. The van der Waals surface area contributed by atoms with E-state index < -0.39 is 0 Å². The molecular weight excluding hydrogens is 182 g/mol. The first-order valence-electron chi connectivity index (χ1n) is 4.40. The van der Waals surface area contributed by atoms with Crippen LogP contribution < -0.4 is 14.7 Å². The van der Waals surface area contributed by atoms with Gasteiger partial charge in [-0.3, -0.25) is 0 Å². The topological polar surface area (TPSA) is 49.5 Å². The summed E-state index contributed by atoms with van der Waals surface area (Å²) < 4.78 is 10.5. The summed E-state index contributed by atoms with van der Waals surface area (Å²) >= 11 is 0. The Balaban J connectivity index is 3.01. The maximum Gasteiger partial charge on any atom is 0.295 e. The highest BCUT2D eigenvalue weighted by Crippen LogP contribution is 2.26. The maximum absolute atomic E-state index is 10.6. The molecular formula is C10H14NO3+. The van der Waals surface area contributed by atoms with Gasteiger partial charge in [-0.1, -0.05) is 0 Å². The van der Waals surface area contributed by atoms with Crippen LogP contribution in [0.5, 0.6) is 11.5 Å². The third-order valence-corrected chi connectivity index (χ3v) is 1.66. The van der Waals surface area contributed by atoms with Crippen molar-refractivity contribution in [1.29, 1.82) is 0 Å². The fraction of sp³-hybridized carbons (Fsp3) is 0.400. The lowest BCUT2D eigenvalue weighted by atomic mass is 10.3. The molecule has 0 spiro atoms. The summed E-state index contributed by atoms with van der Waals surface area (Å²) in [5.41, 5.74) is 0.416. The second kappa shape index (κ2) is 4.60. The summed E-state index contributed by atoms with van der Waals surface area (Å²) in [5, 5.41) is 1.82. The second-order valence-corrected chi connectivity index (χ2v) is 3.13. The molecule has 4 nitrogen and oxygen atoms in total. The molecule has 0 aromatic heterocycles. The Hall–Kier alpha value is -1.58. The molecule has 0 saturated heterocycles. The predicted octanol–water partition coefficient (Wildman–Crippen LogP) is 0.961. The lowest BCUT2D eigenvalue weighted by Crippen LogP contribution is -2.55. The van der Waals surface area contributed by atoms with E-state index in [0.717, 1.165) is 0 Å². The normalized spacial score (nSPS) is 10.0. The lowest BCUT2D eigenvalue weighted by Gasteiger charge is -2.09. The Kier molecular flexibility index (Phi) is 3.45. The van der Waals surface area contributed by atoms with Crippen LogP contribution in [-0.4, -0.2) is 13.2 Å². The van der Waals surface area contributed by atoms with Crippen LogP contribution in [0.4, 0.5) is 5.69 Å². The van der Waals surface area contributed by atoms with Crippen molar-refractivity contribution in [1.82, 2.24) is 0 Å². The van der Waals surface area contributed by atoms with E-state index in [1.807, 2.05) is 19.0 Å². The molecule has 1 rings (SSSR count). The quantitative estimate of drug-likeness (QED) is 0.780. The molecule has 0 amide bonds. The first kappa shape index (κ1) is 10.5. The zero-order valence-corrected chi connectivity index (χ0v) is 8.53. The van der Waals surface area contributed by atoms with Crippen molar-refractivity contribution >= 4 is 5.69 Å². The zero-order valence-electron chi connectivity index (χ0n) is 8.53. The van der Waals surface area contributed by atoms with Crippen molar-refractivity contribution in [2.75, 3.05) is 7.11 Å². The fourth-order valence-electron chi connectivity index (χ4n) is 1.07. The monoisotopic (exact) mass is 196 g/mol. The average Bonchev–Trinajstić information content (AvgIpc) is 2.16. The van der Waals surface area contributed by atoms with Gasteiger partial charge in [-0.2, -0.15) is 0 Å². The van der Waals surface area contributed by atoms with Gasteiger partial charge in [-0.25, -0.2) is 0 Å². The first-order chi connectivity index (χ1) is 6.67. The van der Waals surface area contributed by atoms with E-state index in [9.17, 15) is 4.91 Å². The highest BCUT2D eigenvalue weighted by atomic mass is 16.5.